The molecule has 16 heavy (non-hydrogen) atoms. The van der Waals surface area contributed by atoms with Gasteiger partial charge in [0.05, 0.1) is 11.0 Å². The molecule has 1 aliphatic rings. The molecule has 2 rings (SSSR count). The predicted octanol–water partition coefficient (Wildman–Crippen LogP) is -0.0818. The molecule has 0 aliphatic carbocycles. The minimum atomic E-state index is -0.246. The van der Waals surface area contributed by atoms with Gasteiger partial charge in [0.15, 0.2) is 0 Å². The topological polar surface area (TPSA) is 78.6 Å². The molecular weight excluding hydrogens is 226 g/mol. The summed E-state index contributed by atoms with van der Waals surface area (Å²) in [7, 11) is 0. The van der Waals surface area contributed by atoms with Crippen molar-refractivity contribution < 1.29 is 9.90 Å². The average Bonchev–Trinajstić information content (AvgIpc) is 2.87. The van der Waals surface area contributed by atoms with Crippen molar-refractivity contribution in [1.29, 1.82) is 0 Å². The molecule has 1 amide bonds. The molecule has 5 nitrogen and oxygen atoms in total. The van der Waals surface area contributed by atoms with E-state index in [9.17, 15) is 9.90 Å². The Morgan fingerprint density at radius 2 is 2.56 bits per heavy atom. The number of thiophene rings is 1. The summed E-state index contributed by atoms with van der Waals surface area (Å²) in [6.45, 7) is 2.25. The van der Waals surface area contributed by atoms with E-state index in [1.54, 1.807) is 0 Å². The van der Waals surface area contributed by atoms with E-state index in [1.807, 2.05) is 11.4 Å². The normalized spacial score (nSPS) is 21.2. The SMILES string of the molecule is NNC(=O)c1sccc1CN1CCC(O)C1. The third-order valence-electron chi connectivity index (χ3n) is 2.73. The molecular formula is C10H15N3O2S. The van der Waals surface area contributed by atoms with Gasteiger partial charge in [-0.1, -0.05) is 0 Å². The first-order valence-electron chi connectivity index (χ1n) is 5.18. The summed E-state index contributed by atoms with van der Waals surface area (Å²) in [4.78, 5) is 14.2. The zero-order valence-electron chi connectivity index (χ0n) is 8.85. The summed E-state index contributed by atoms with van der Waals surface area (Å²) in [6.07, 6.45) is 0.577. The Kier molecular flexibility index (Phi) is 3.55. The van der Waals surface area contributed by atoms with E-state index in [2.05, 4.69) is 10.3 Å². The van der Waals surface area contributed by atoms with Gasteiger partial charge in [0, 0.05) is 19.6 Å². The van der Waals surface area contributed by atoms with Crippen LogP contribution in [-0.2, 0) is 6.54 Å². The van der Waals surface area contributed by atoms with Gasteiger partial charge in [-0.25, -0.2) is 5.84 Å². The number of hydrogen-bond acceptors (Lipinski definition) is 5. The summed E-state index contributed by atoms with van der Waals surface area (Å²) in [6, 6.07) is 1.93. The molecule has 88 valence electrons. The first kappa shape index (κ1) is 11.5. The summed E-state index contributed by atoms with van der Waals surface area (Å²) in [5.74, 6) is 4.87. The van der Waals surface area contributed by atoms with Gasteiger partial charge in [-0.15, -0.1) is 11.3 Å². The third kappa shape index (κ3) is 2.41. The van der Waals surface area contributed by atoms with E-state index in [4.69, 9.17) is 5.84 Å². The van der Waals surface area contributed by atoms with Gasteiger partial charge < -0.3 is 5.11 Å². The second kappa shape index (κ2) is 4.92. The maximum atomic E-state index is 11.4. The van der Waals surface area contributed by atoms with E-state index >= 15 is 0 Å². The van der Waals surface area contributed by atoms with Crippen molar-refractivity contribution in [3.63, 3.8) is 0 Å². The van der Waals surface area contributed by atoms with Crippen molar-refractivity contribution in [3.8, 4) is 0 Å². The summed E-state index contributed by atoms with van der Waals surface area (Å²) in [5.41, 5.74) is 3.12. The highest BCUT2D eigenvalue weighted by Crippen LogP contribution is 2.20. The number of hydrogen-bond donors (Lipinski definition) is 3. The van der Waals surface area contributed by atoms with Crippen LogP contribution in [0.5, 0.6) is 0 Å². The van der Waals surface area contributed by atoms with Gasteiger partial charge in [0.2, 0.25) is 0 Å². The van der Waals surface area contributed by atoms with Crippen LogP contribution in [0.4, 0.5) is 0 Å². The summed E-state index contributed by atoms with van der Waals surface area (Å²) >= 11 is 1.39. The number of aliphatic hydroxyl groups excluding tert-OH is 1. The molecule has 1 saturated heterocycles. The second-order valence-corrected chi connectivity index (χ2v) is 4.84. The van der Waals surface area contributed by atoms with Crippen molar-refractivity contribution in [2.24, 2.45) is 5.84 Å². The summed E-state index contributed by atoms with van der Waals surface area (Å²) in [5, 5.41) is 11.3. The average molecular weight is 241 g/mol. The molecule has 1 aromatic rings. The van der Waals surface area contributed by atoms with E-state index < -0.39 is 0 Å². The van der Waals surface area contributed by atoms with Crippen LogP contribution >= 0.6 is 11.3 Å². The number of β-amino-alcohol motifs (C(OH)–C–C–N with tert-alkyl or cyclic N) is 1. The molecule has 1 fully saturated rings. The quantitative estimate of drug-likeness (QED) is 0.393. The number of hydrazine groups is 1. The van der Waals surface area contributed by atoms with Crippen molar-refractivity contribution in [3.05, 3.63) is 21.9 Å². The van der Waals surface area contributed by atoms with E-state index in [0.29, 0.717) is 18.0 Å². The molecule has 6 heteroatoms. The number of carbonyl (C=O) groups is 1. The predicted molar refractivity (Wildman–Crippen MR) is 61.9 cm³/mol. The van der Waals surface area contributed by atoms with Gasteiger partial charge >= 0.3 is 0 Å². The molecule has 2 heterocycles. The molecule has 1 aromatic heterocycles. The Labute approximate surface area is 97.8 Å². The zero-order chi connectivity index (χ0) is 11.5. The smallest absolute Gasteiger partial charge is 0.275 e. The Hall–Kier alpha value is -0.950. The number of nitrogen functional groups attached to an aromatic ring is 1. The standard InChI is InChI=1S/C10H15N3O2S/c11-12-10(15)9-7(2-4-16-9)5-13-3-1-8(14)6-13/h2,4,8,14H,1,3,5-6,11H2,(H,12,15). The maximum absolute atomic E-state index is 11.4. The maximum Gasteiger partial charge on any atom is 0.275 e. The lowest BCUT2D eigenvalue weighted by atomic mass is 10.2. The highest BCUT2D eigenvalue weighted by atomic mass is 32.1. The highest BCUT2D eigenvalue weighted by Gasteiger charge is 2.22. The molecule has 0 spiro atoms. The van der Waals surface area contributed by atoms with E-state index in [1.165, 1.54) is 11.3 Å². The number of aliphatic hydroxyl groups is 1. The molecule has 1 atom stereocenters. The molecule has 1 unspecified atom stereocenters. The van der Waals surface area contributed by atoms with Crippen molar-refractivity contribution in [2.45, 2.75) is 19.1 Å². The van der Waals surface area contributed by atoms with Crippen LogP contribution in [-0.4, -0.2) is 35.1 Å². The monoisotopic (exact) mass is 241 g/mol. The fourth-order valence-corrected chi connectivity index (χ4v) is 2.74. The fraction of sp³-hybridized carbons (Fsp3) is 0.500. The first-order chi connectivity index (χ1) is 7.70. The largest absolute Gasteiger partial charge is 0.392 e. The molecule has 0 saturated carbocycles. The van der Waals surface area contributed by atoms with Crippen molar-refractivity contribution >= 4 is 17.2 Å². The second-order valence-electron chi connectivity index (χ2n) is 3.93. The minimum Gasteiger partial charge on any atom is -0.392 e. The lowest BCUT2D eigenvalue weighted by Gasteiger charge is -2.14. The molecule has 1 aliphatic heterocycles. The van der Waals surface area contributed by atoms with Crippen LogP contribution in [0.25, 0.3) is 0 Å². The van der Waals surface area contributed by atoms with Crippen molar-refractivity contribution in [2.75, 3.05) is 13.1 Å². The Bertz CT molecular complexity index is 380. The number of nitrogens with two attached hydrogens (primary N) is 1. The van der Waals surface area contributed by atoms with Gasteiger partial charge in [0.25, 0.3) is 5.91 Å². The van der Waals surface area contributed by atoms with Crippen LogP contribution in [0.1, 0.15) is 21.7 Å². The Morgan fingerprint density at radius 3 is 3.19 bits per heavy atom. The lowest BCUT2D eigenvalue weighted by molar-refractivity contribution is 0.0956. The van der Waals surface area contributed by atoms with Crippen LogP contribution in [0.3, 0.4) is 0 Å². The van der Waals surface area contributed by atoms with Crippen LogP contribution in [0.15, 0.2) is 11.4 Å². The van der Waals surface area contributed by atoms with Crippen LogP contribution in [0.2, 0.25) is 0 Å². The molecule has 0 aromatic carbocycles. The first-order valence-corrected chi connectivity index (χ1v) is 6.06. The Balaban J connectivity index is 2.04. The number of nitrogens with one attached hydrogen (secondary N) is 1. The number of likely N-dealkylation sites (tertiary alicyclic amines) is 1. The number of amides is 1. The third-order valence-corrected chi connectivity index (χ3v) is 3.68. The molecule has 0 radical (unpaired) electrons. The molecule has 4 N–H and O–H groups in total. The van der Waals surface area contributed by atoms with E-state index in [-0.39, 0.29) is 12.0 Å². The molecule has 0 bridgehead atoms. The minimum absolute atomic E-state index is 0.231. The van der Waals surface area contributed by atoms with Gasteiger partial charge in [-0.2, -0.15) is 0 Å². The summed E-state index contributed by atoms with van der Waals surface area (Å²) < 4.78 is 0. The van der Waals surface area contributed by atoms with E-state index in [0.717, 1.165) is 18.5 Å². The van der Waals surface area contributed by atoms with Gasteiger partial charge in [-0.05, 0) is 23.4 Å². The number of rotatable bonds is 3. The van der Waals surface area contributed by atoms with Gasteiger partial charge in [-0.3, -0.25) is 15.1 Å². The van der Waals surface area contributed by atoms with Crippen LogP contribution in [0, 0.1) is 0 Å². The fourth-order valence-electron chi connectivity index (χ4n) is 1.92. The number of carbonyl (C=O) groups excluding carboxylic acids is 1. The van der Waals surface area contributed by atoms with Crippen LogP contribution < -0.4 is 11.3 Å². The number of nitrogens with zero attached hydrogens (tertiary/aromatic N) is 1. The zero-order valence-corrected chi connectivity index (χ0v) is 9.67. The van der Waals surface area contributed by atoms with Gasteiger partial charge in [0.1, 0.15) is 0 Å². The van der Waals surface area contributed by atoms with Crippen molar-refractivity contribution in [1.82, 2.24) is 10.3 Å². The Morgan fingerprint density at radius 1 is 1.75 bits per heavy atom. The lowest BCUT2D eigenvalue weighted by Crippen LogP contribution is -2.30. The highest BCUT2D eigenvalue weighted by molar-refractivity contribution is 7.12.